The van der Waals surface area contributed by atoms with Gasteiger partial charge in [-0.2, -0.15) is 0 Å². The summed E-state index contributed by atoms with van der Waals surface area (Å²) < 4.78 is 10.8. The smallest absolute Gasteiger partial charge is 0.231 e. The van der Waals surface area contributed by atoms with Crippen LogP contribution in [0.5, 0.6) is 0 Å². The average Bonchev–Trinajstić information content (AvgIpc) is 2.70. The van der Waals surface area contributed by atoms with Crippen molar-refractivity contribution in [1.82, 2.24) is 10.2 Å². The van der Waals surface area contributed by atoms with Gasteiger partial charge in [-0.1, -0.05) is 30.3 Å². The zero-order chi connectivity index (χ0) is 17.5. The minimum atomic E-state index is -0.126. The molecule has 138 valence electrons. The van der Waals surface area contributed by atoms with Crippen LogP contribution in [-0.2, 0) is 14.3 Å². The summed E-state index contributed by atoms with van der Waals surface area (Å²) in [6.07, 6.45) is 4.83. The molecule has 1 aliphatic heterocycles. The number of benzene rings is 1. The summed E-state index contributed by atoms with van der Waals surface area (Å²) in [5.74, 6) is 0.0898. The fourth-order valence-electron chi connectivity index (χ4n) is 3.82. The zero-order valence-electron chi connectivity index (χ0n) is 15.2. The molecule has 1 atom stereocenters. The van der Waals surface area contributed by atoms with Crippen LogP contribution in [0, 0.1) is 0 Å². The summed E-state index contributed by atoms with van der Waals surface area (Å²) in [6, 6.07) is 10.6. The van der Waals surface area contributed by atoms with Crippen molar-refractivity contribution in [2.24, 2.45) is 0 Å². The monoisotopic (exact) mass is 346 g/mol. The van der Waals surface area contributed by atoms with E-state index in [0.717, 1.165) is 31.2 Å². The van der Waals surface area contributed by atoms with Crippen molar-refractivity contribution in [2.45, 2.75) is 43.7 Å². The Balaban J connectivity index is 1.62. The lowest BCUT2D eigenvalue weighted by Gasteiger charge is -2.33. The lowest BCUT2D eigenvalue weighted by Crippen LogP contribution is -2.46. The van der Waals surface area contributed by atoms with Crippen LogP contribution >= 0.6 is 0 Å². The maximum absolute atomic E-state index is 13.1. The Labute approximate surface area is 150 Å². The zero-order valence-corrected chi connectivity index (χ0v) is 15.2. The molecule has 1 aliphatic carbocycles. The third-order valence-corrected chi connectivity index (χ3v) is 5.44. The molecule has 2 fully saturated rings. The molecule has 1 amide bonds. The highest BCUT2D eigenvalue weighted by Crippen LogP contribution is 2.23. The summed E-state index contributed by atoms with van der Waals surface area (Å²) in [6.45, 7) is 3.37. The Bertz CT molecular complexity index is 523. The van der Waals surface area contributed by atoms with Gasteiger partial charge in [-0.15, -0.1) is 0 Å². The molecule has 0 bridgehead atoms. The third-order valence-electron chi connectivity index (χ3n) is 5.44. The maximum atomic E-state index is 13.1. The average molecular weight is 346 g/mol. The van der Waals surface area contributed by atoms with Gasteiger partial charge in [0.15, 0.2) is 0 Å². The first-order valence-corrected chi connectivity index (χ1v) is 9.45. The molecule has 1 heterocycles. The molecule has 5 nitrogen and oxygen atoms in total. The number of hydrogen-bond acceptors (Lipinski definition) is 4. The molecular weight excluding hydrogens is 316 g/mol. The summed E-state index contributed by atoms with van der Waals surface area (Å²) in [5, 5.41) is 3.65. The quantitative estimate of drug-likeness (QED) is 0.858. The molecule has 0 radical (unpaired) electrons. The Morgan fingerprint density at radius 1 is 1.20 bits per heavy atom. The molecule has 1 saturated carbocycles. The summed E-state index contributed by atoms with van der Waals surface area (Å²) in [5.41, 5.74) is 1.09. The molecule has 1 aromatic carbocycles. The fraction of sp³-hybridized carbons (Fsp3) is 0.650. The standard InChI is InChI=1S/C20H30N2O3/c1-24-18-9-7-17(8-10-18)21-15-19(16-5-3-2-4-6-16)20(23)22-11-13-25-14-12-22/h2-6,17-19,21H,7-15H2,1H3/t17?,18?,19-/m1/s1. The second-order valence-corrected chi connectivity index (χ2v) is 7.02. The van der Waals surface area contributed by atoms with E-state index < -0.39 is 0 Å². The van der Waals surface area contributed by atoms with Gasteiger partial charge in [-0.3, -0.25) is 4.79 Å². The first kappa shape index (κ1) is 18.4. The summed E-state index contributed by atoms with van der Waals surface area (Å²) in [7, 11) is 1.80. The topological polar surface area (TPSA) is 50.8 Å². The highest BCUT2D eigenvalue weighted by molar-refractivity contribution is 5.84. The first-order valence-electron chi connectivity index (χ1n) is 9.45. The van der Waals surface area contributed by atoms with E-state index in [4.69, 9.17) is 9.47 Å². The number of hydrogen-bond donors (Lipinski definition) is 1. The van der Waals surface area contributed by atoms with E-state index in [1.165, 1.54) is 0 Å². The maximum Gasteiger partial charge on any atom is 0.231 e. The molecule has 5 heteroatoms. The highest BCUT2D eigenvalue weighted by atomic mass is 16.5. The molecule has 1 N–H and O–H groups in total. The fourth-order valence-corrected chi connectivity index (χ4v) is 3.82. The molecule has 1 saturated heterocycles. The van der Waals surface area contributed by atoms with Crippen LogP contribution in [0.25, 0.3) is 0 Å². The van der Waals surface area contributed by atoms with Crippen molar-refractivity contribution >= 4 is 5.91 Å². The molecule has 25 heavy (non-hydrogen) atoms. The van der Waals surface area contributed by atoms with Crippen molar-refractivity contribution in [3.63, 3.8) is 0 Å². The number of carbonyl (C=O) groups excluding carboxylic acids is 1. The normalized spacial score (nSPS) is 25.6. The molecule has 2 aliphatic rings. The van der Waals surface area contributed by atoms with Gasteiger partial charge in [0, 0.05) is 32.8 Å². The van der Waals surface area contributed by atoms with E-state index in [-0.39, 0.29) is 11.8 Å². The number of carbonyl (C=O) groups is 1. The van der Waals surface area contributed by atoms with Crippen LogP contribution in [0.3, 0.4) is 0 Å². The van der Waals surface area contributed by atoms with Gasteiger partial charge in [0.2, 0.25) is 5.91 Å². The van der Waals surface area contributed by atoms with E-state index >= 15 is 0 Å². The molecule has 0 aromatic heterocycles. The van der Waals surface area contributed by atoms with Gasteiger partial charge in [0.05, 0.1) is 25.2 Å². The predicted octanol–water partition coefficient (Wildman–Crippen LogP) is 2.18. The van der Waals surface area contributed by atoms with Gasteiger partial charge in [-0.25, -0.2) is 0 Å². The predicted molar refractivity (Wildman–Crippen MR) is 97.6 cm³/mol. The van der Waals surface area contributed by atoms with Crippen molar-refractivity contribution in [3.05, 3.63) is 35.9 Å². The van der Waals surface area contributed by atoms with Crippen molar-refractivity contribution < 1.29 is 14.3 Å². The second kappa shape index (κ2) is 9.32. The number of ether oxygens (including phenoxy) is 2. The number of methoxy groups -OCH3 is 1. The van der Waals surface area contributed by atoms with Crippen LogP contribution in [0.1, 0.15) is 37.2 Å². The van der Waals surface area contributed by atoms with E-state index in [1.807, 2.05) is 23.1 Å². The SMILES string of the molecule is COC1CCC(NC[C@@H](C(=O)N2CCOCC2)c2ccccc2)CC1. The van der Waals surface area contributed by atoms with E-state index in [2.05, 4.69) is 17.4 Å². The van der Waals surface area contributed by atoms with E-state index in [0.29, 0.717) is 45.0 Å². The van der Waals surface area contributed by atoms with E-state index in [1.54, 1.807) is 7.11 Å². The Hall–Kier alpha value is -1.43. The van der Waals surface area contributed by atoms with Crippen LogP contribution in [0.2, 0.25) is 0 Å². The van der Waals surface area contributed by atoms with Gasteiger partial charge in [0.1, 0.15) is 0 Å². The molecule has 1 aromatic rings. The van der Waals surface area contributed by atoms with Gasteiger partial charge in [0.25, 0.3) is 0 Å². The summed E-state index contributed by atoms with van der Waals surface area (Å²) >= 11 is 0. The Morgan fingerprint density at radius 2 is 1.88 bits per heavy atom. The van der Waals surface area contributed by atoms with Gasteiger partial charge >= 0.3 is 0 Å². The minimum Gasteiger partial charge on any atom is -0.381 e. The first-order chi connectivity index (χ1) is 12.3. The van der Waals surface area contributed by atoms with Crippen molar-refractivity contribution in [2.75, 3.05) is 40.0 Å². The number of amides is 1. The van der Waals surface area contributed by atoms with Crippen LogP contribution < -0.4 is 5.32 Å². The van der Waals surface area contributed by atoms with Crippen molar-refractivity contribution in [3.8, 4) is 0 Å². The third kappa shape index (κ3) is 5.03. The van der Waals surface area contributed by atoms with Crippen LogP contribution in [-0.4, -0.2) is 62.9 Å². The summed E-state index contributed by atoms with van der Waals surface area (Å²) in [4.78, 5) is 15.0. The number of nitrogens with zero attached hydrogens (tertiary/aromatic N) is 1. The number of rotatable bonds is 6. The Morgan fingerprint density at radius 3 is 2.52 bits per heavy atom. The van der Waals surface area contributed by atoms with E-state index in [9.17, 15) is 4.79 Å². The molecule has 0 unspecified atom stereocenters. The lowest BCUT2D eigenvalue weighted by molar-refractivity contribution is -0.136. The Kier molecular flexibility index (Phi) is 6.84. The van der Waals surface area contributed by atoms with Crippen LogP contribution in [0.4, 0.5) is 0 Å². The number of nitrogens with one attached hydrogen (secondary N) is 1. The minimum absolute atomic E-state index is 0.126. The van der Waals surface area contributed by atoms with Gasteiger partial charge in [-0.05, 0) is 31.2 Å². The van der Waals surface area contributed by atoms with Gasteiger partial charge < -0.3 is 19.7 Å². The lowest BCUT2D eigenvalue weighted by atomic mass is 9.91. The largest absolute Gasteiger partial charge is 0.381 e. The molecule has 0 spiro atoms. The highest BCUT2D eigenvalue weighted by Gasteiger charge is 2.28. The van der Waals surface area contributed by atoms with Crippen molar-refractivity contribution in [1.29, 1.82) is 0 Å². The molecular formula is C20H30N2O3. The second-order valence-electron chi connectivity index (χ2n) is 7.02. The number of morpholine rings is 1. The molecule has 3 rings (SSSR count). The van der Waals surface area contributed by atoms with Crippen LogP contribution in [0.15, 0.2) is 30.3 Å².